The molecule has 0 aromatic heterocycles. The molecule has 2 rings (SSSR count). The van der Waals surface area contributed by atoms with E-state index in [1.54, 1.807) is 0 Å². The third kappa shape index (κ3) is 5.35. The van der Waals surface area contributed by atoms with Crippen LogP contribution in [0, 0.1) is 0 Å². The molecule has 0 heterocycles. The largest absolute Gasteiger partial charge is 0.445 e. The van der Waals surface area contributed by atoms with Crippen LogP contribution in [0.2, 0.25) is 0 Å². The Morgan fingerprint density at radius 2 is 2.00 bits per heavy atom. The maximum atomic E-state index is 11.7. The normalized spacial score (nSPS) is 22.0. The molecule has 116 valence electrons. The number of hydrogen-bond acceptors (Lipinski definition) is 5. The molecule has 1 N–H and O–H groups in total. The molecule has 2 atom stereocenters. The highest BCUT2D eigenvalue weighted by Gasteiger charge is 2.32. The van der Waals surface area contributed by atoms with Gasteiger partial charge in [0, 0.05) is 0 Å². The zero-order valence-electron chi connectivity index (χ0n) is 11.8. The lowest BCUT2D eigenvalue weighted by Gasteiger charge is -2.19. The zero-order valence-corrected chi connectivity index (χ0v) is 12.6. The number of carbonyl (C=O) groups excluding carboxylic acids is 1. The van der Waals surface area contributed by atoms with Gasteiger partial charge in [-0.05, 0) is 24.8 Å². The van der Waals surface area contributed by atoms with Crippen LogP contribution < -0.4 is 5.32 Å². The molecular weight excluding hydrogens is 294 g/mol. The molecule has 1 aromatic rings. The summed E-state index contributed by atoms with van der Waals surface area (Å²) in [6, 6.07) is 9.00. The first-order valence-corrected chi connectivity index (χ1v) is 8.61. The van der Waals surface area contributed by atoms with Gasteiger partial charge in [-0.1, -0.05) is 30.3 Å². The van der Waals surface area contributed by atoms with Gasteiger partial charge in [0.25, 0.3) is 10.1 Å². The van der Waals surface area contributed by atoms with E-state index in [1.807, 2.05) is 30.3 Å². The Kier molecular flexibility index (Phi) is 5.19. The van der Waals surface area contributed by atoms with E-state index >= 15 is 0 Å². The fourth-order valence-corrected chi connectivity index (χ4v) is 3.03. The predicted octanol–water partition coefficient (Wildman–Crippen LogP) is 1.81. The van der Waals surface area contributed by atoms with Crippen molar-refractivity contribution in [3.05, 3.63) is 35.9 Å². The summed E-state index contributed by atoms with van der Waals surface area (Å²) >= 11 is 0. The van der Waals surface area contributed by atoms with Crippen molar-refractivity contribution in [2.45, 2.75) is 38.0 Å². The first-order chi connectivity index (χ1) is 9.94. The Morgan fingerprint density at radius 3 is 2.67 bits per heavy atom. The lowest BCUT2D eigenvalue weighted by molar-refractivity contribution is 0.122. The maximum Gasteiger partial charge on any atom is 0.407 e. The van der Waals surface area contributed by atoms with E-state index in [9.17, 15) is 13.2 Å². The van der Waals surface area contributed by atoms with Gasteiger partial charge in [0.05, 0.1) is 18.4 Å². The van der Waals surface area contributed by atoms with Crippen LogP contribution in [0.4, 0.5) is 4.79 Å². The van der Waals surface area contributed by atoms with Crippen LogP contribution in [0.25, 0.3) is 0 Å². The van der Waals surface area contributed by atoms with Crippen molar-refractivity contribution < 1.29 is 22.1 Å². The van der Waals surface area contributed by atoms with E-state index in [1.165, 1.54) is 0 Å². The van der Waals surface area contributed by atoms with Crippen molar-refractivity contribution in [2.24, 2.45) is 0 Å². The van der Waals surface area contributed by atoms with E-state index in [0.29, 0.717) is 12.8 Å². The number of benzene rings is 1. The van der Waals surface area contributed by atoms with Crippen LogP contribution >= 0.6 is 0 Å². The number of alkyl carbamates (subject to hydrolysis) is 1. The van der Waals surface area contributed by atoms with E-state index in [2.05, 4.69) is 5.32 Å². The molecule has 1 aliphatic rings. The fourth-order valence-electron chi connectivity index (χ4n) is 2.35. The zero-order chi connectivity index (χ0) is 15.3. The first-order valence-electron chi connectivity index (χ1n) is 6.79. The summed E-state index contributed by atoms with van der Waals surface area (Å²) in [5.41, 5.74) is 0.892. The van der Waals surface area contributed by atoms with Gasteiger partial charge in [0.2, 0.25) is 0 Å². The summed E-state index contributed by atoms with van der Waals surface area (Å²) < 4.78 is 32.4. The molecule has 1 aromatic carbocycles. The number of amides is 1. The molecule has 1 saturated carbocycles. The lowest BCUT2D eigenvalue weighted by Crippen LogP contribution is -2.42. The van der Waals surface area contributed by atoms with Gasteiger partial charge in [0.15, 0.2) is 0 Å². The van der Waals surface area contributed by atoms with Crippen molar-refractivity contribution in [1.82, 2.24) is 5.32 Å². The fraction of sp³-hybridized carbons (Fsp3) is 0.500. The van der Waals surface area contributed by atoms with Crippen molar-refractivity contribution >= 4 is 16.2 Å². The van der Waals surface area contributed by atoms with Gasteiger partial charge in [-0.25, -0.2) is 4.79 Å². The summed E-state index contributed by atoms with van der Waals surface area (Å²) in [6.07, 6.45) is 2.04. The summed E-state index contributed by atoms with van der Waals surface area (Å²) in [5.74, 6) is 0. The van der Waals surface area contributed by atoms with Crippen LogP contribution in [-0.4, -0.2) is 32.9 Å². The Balaban J connectivity index is 1.81. The molecule has 7 heteroatoms. The van der Waals surface area contributed by atoms with Crippen LogP contribution in [0.1, 0.15) is 24.8 Å². The second-order valence-corrected chi connectivity index (χ2v) is 6.68. The topological polar surface area (TPSA) is 81.7 Å². The summed E-state index contributed by atoms with van der Waals surface area (Å²) in [6.45, 7) is 0.178. The summed E-state index contributed by atoms with van der Waals surface area (Å²) in [4.78, 5) is 11.7. The predicted molar refractivity (Wildman–Crippen MR) is 77.1 cm³/mol. The molecule has 0 radical (unpaired) electrons. The number of nitrogens with one attached hydrogen (secondary N) is 1. The van der Waals surface area contributed by atoms with E-state index in [-0.39, 0.29) is 12.6 Å². The standard InChI is InChI=1S/C14H19NO5S/c1-21(17,18)20-13-9-5-8-12(13)15-14(16)19-10-11-6-3-2-4-7-11/h2-4,6-7,12-13H,5,8-10H2,1H3,(H,15,16). The molecule has 0 saturated heterocycles. The average Bonchev–Trinajstić information content (AvgIpc) is 2.83. The second-order valence-electron chi connectivity index (χ2n) is 5.08. The Hall–Kier alpha value is -1.60. The van der Waals surface area contributed by atoms with Gasteiger partial charge in [-0.15, -0.1) is 0 Å². The molecule has 2 unspecified atom stereocenters. The molecule has 0 spiro atoms. The quantitative estimate of drug-likeness (QED) is 0.838. The minimum absolute atomic E-state index is 0.178. The summed E-state index contributed by atoms with van der Waals surface area (Å²) in [7, 11) is -3.52. The van der Waals surface area contributed by atoms with E-state index in [0.717, 1.165) is 18.2 Å². The van der Waals surface area contributed by atoms with Crippen molar-refractivity contribution in [3.8, 4) is 0 Å². The molecule has 1 aliphatic carbocycles. The van der Waals surface area contributed by atoms with Crippen molar-refractivity contribution in [2.75, 3.05) is 6.26 Å². The number of hydrogen-bond donors (Lipinski definition) is 1. The number of rotatable bonds is 5. The number of carbonyl (C=O) groups is 1. The molecule has 0 aliphatic heterocycles. The van der Waals surface area contributed by atoms with Gasteiger partial charge in [0.1, 0.15) is 6.61 Å². The SMILES string of the molecule is CS(=O)(=O)OC1CCCC1NC(=O)OCc1ccccc1. The van der Waals surface area contributed by atoms with E-state index < -0.39 is 22.3 Å². The highest BCUT2D eigenvalue weighted by Crippen LogP contribution is 2.23. The second kappa shape index (κ2) is 6.91. The molecule has 21 heavy (non-hydrogen) atoms. The Morgan fingerprint density at radius 1 is 1.29 bits per heavy atom. The van der Waals surface area contributed by atoms with Crippen LogP contribution in [0.3, 0.4) is 0 Å². The molecule has 1 amide bonds. The monoisotopic (exact) mass is 313 g/mol. The Labute approximate surface area is 124 Å². The molecular formula is C14H19NO5S. The third-order valence-electron chi connectivity index (χ3n) is 3.27. The van der Waals surface area contributed by atoms with Gasteiger partial charge in [-0.3, -0.25) is 4.18 Å². The third-order valence-corrected chi connectivity index (χ3v) is 3.86. The van der Waals surface area contributed by atoms with Crippen LogP contribution in [-0.2, 0) is 25.6 Å². The van der Waals surface area contributed by atoms with Gasteiger partial charge in [-0.2, -0.15) is 8.42 Å². The van der Waals surface area contributed by atoms with Crippen molar-refractivity contribution in [3.63, 3.8) is 0 Å². The summed E-state index contributed by atoms with van der Waals surface area (Å²) in [5, 5.41) is 2.67. The highest BCUT2D eigenvalue weighted by atomic mass is 32.2. The molecule has 6 nitrogen and oxygen atoms in total. The smallest absolute Gasteiger partial charge is 0.407 e. The van der Waals surface area contributed by atoms with Gasteiger partial charge >= 0.3 is 6.09 Å². The van der Waals surface area contributed by atoms with Crippen molar-refractivity contribution in [1.29, 1.82) is 0 Å². The lowest BCUT2D eigenvalue weighted by atomic mass is 10.2. The van der Waals surface area contributed by atoms with Crippen LogP contribution in [0.15, 0.2) is 30.3 Å². The minimum Gasteiger partial charge on any atom is -0.445 e. The highest BCUT2D eigenvalue weighted by molar-refractivity contribution is 7.86. The molecule has 0 bridgehead atoms. The van der Waals surface area contributed by atoms with E-state index in [4.69, 9.17) is 8.92 Å². The number of ether oxygens (including phenoxy) is 1. The molecule has 1 fully saturated rings. The van der Waals surface area contributed by atoms with Crippen LogP contribution in [0.5, 0.6) is 0 Å². The maximum absolute atomic E-state index is 11.7. The first kappa shape index (κ1) is 15.8. The van der Waals surface area contributed by atoms with Gasteiger partial charge < -0.3 is 10.1 Å². The average molecular weight is 313 g/mol. The Bertz CT molecular complexity index is 572. The minimum atomic E-state index is -3.52.